The highest BCUT2D eigenvalue weighted by Crippen LogP contribution is 2.48. The van der Waals surface area contributed by atoms with Crippen LogP contribution in [0.5, 0.6) is 0 Å². The molecule has 0 aliphatic heterocycles. The van der Waals surface area contributed by atoms with Crippen LogP contribution in [-0.2, 0) is 0 Å². The van der Waals surface area contributed by atoms with Gasteiger partial charge in [-0.05, 0) is 50.4 Å². The summed E-state index contributed by atoms with van der Waals surface area (Å²) in [5, 5.41) is 10.9. The van der Waals surface area contributed by atoms with Crippen molar-refractivity contribution in [1.29, 1.82) is 0 Å². The zero-order valence-electron chi connectivity index (χ0n) is 12.2. The molecule has 0 bridgehead atoms. The van der Waals surface area contributed by atoms with Crippen LogP contribution in [0, 0.1) is 23.2 Å². The number of nitrogens with two attached hydrogens (primary N) is 1. The van der Waals surface area contributed by atoms with Gasteiger partial charge in [-0.25, -0.2) is 0 Å². The van der Waals surface area contributed by atoms with Crippen molar-refractivity contribution in [3.8, 4) is 0 Å². The largest absolute Gasteiger partial charge is 0.392 e. The molecule has 0 saturated heterocycles. The van der Waals surface area contributed by atoms with Gasteiger partial charge in [0.2, 0.25) is 0 Å². The van der Waals surface area contributed by atoms with Crippen molar-refractivity contribution in [3.05, 3.63) is 11.6 Å². The molecule has 104 valence electrons. The van der Waals surface area contributed by atoms with Crippen molar-refractivity contribution in [1.82, 2.24) is 0 Å². The molecular weight excluding hydrogens is 222 g/mol. The van der Waals surface area contributed by atoms with Gasteiger partial charge in [0, 0.05) is 12.0 Å². The summed E-state index contributed by atoms with van der Waals surface area (Å²) in [7, 11) is 0. The van der Waals surface area contributed by atoms with Crippen molar-refractivity contribution in [2.75, 3.05) is 6.54 Å². The van der Waals surface area contributed by atoms with Crippen LogP contribution in [0.4, 0.5) is 0 Å². The molecule has 2 aliphatic carbocycles. The monoisotopic (exact) mass is 251 g/mol. The number of hydrogen-bond acceptors (Lipinski definition) is 2. The zero-order valence-corrected chi connectivity index (χ0v) is 12.2. The van der Waals surface area contributed by atoms with Gasteiger partial charge in [-0.15, -0.1) is 0 Å². The maximum atomic E-state index is 10.9. The molecule has 0 radical (unpaired) electrons. The van der Waals surface area contributed by atoms with E-state index in [-0.39, 0.29) is 11.5 Å². The lowest BCUT2D eigenvalue weighted by molar-refractivity contribution is -0.0208. The fourth-order valence-corrected chi connectivity index (χ4v) is 4.34. The molecule has 2 nitrogen and oxygen atoms in total. The van der Waals surface area contributed by atoms with Gasteiger partial charge in [-0.1, -0.05) is 31.9 Å². The van der Waals surface area contributed by atoms with Crippen LogP contribution in [0.3, 0.4) is 0 Å². The Kier molecular flexibility index (Phi) is 4.18. The van der Waals surface area contributed by atoms with E-state index < -0.39 is 0 Å². The van der Waals surface area contributed by atoms with E-state index >= 15 is 0 Å². The van der Waals surface area contributed by atoms with Crippen LogP contribution in [0.25, 0.3) is 0 Å². The fourth-order valence-electron chi connectivity index (χ4n) is 4.34. The second-order valence-electron chi connectivity index (χ2n) is 7.05. The van der Waals surface area contributed by atoms with Gasteiger partial charge in [-0.3, -0.25) is 0 Å². The first-order valence-electron chi connectivity index (χ1n) is 7.52. The molecule has 0 aromatic heterocycles. The molecule has 1 fully saturated rings. The van der Waals surface area contributed by atoms with E-state index in [1.165, 1.54) is 12.0 Å². The van der Waals surface area contributed by atoms with Crippen LogP contribution in [0.15, 0.2) is 11.6 Å². The Hall–Kier alpha value is -0.340. The van der Waals surface area contributed by atoms with Crippen molar-refractivity contribution < 1.29 is 5.11 Å². The van der Waals surface area contributed by atoms with Crippen molar-refractivity contribution in [3.63, 3.8) is 0 Å². The third-order valence-electron chi connectivity index (χ3n) is 5.20. The molecule has 2 rings (SSSR count). The van der Waals surface area contributed by atoms with Gasteiger partial charge >= 0.3 is 0 Å². The highest BCUT2D eigenvalue weighted by molar-refractivity contribution is 5.09. The van der Waals surface area contributed by atoms with Gasteiger partial charge < -0.3 is 10.8 Å². The van der Waals surface area contributed by atoms with Crippen LogP contribution in [0.2, 0.25) is 0 Å². The summed E-state index contributed by atoms with van der Waals surface area (Å²) in [5.74, 6) is 1.74. The Morgan fingerprint density at radius 2 is 2.22 bits per heavy atom. The molecular formula is C16H29NO. The lowest BCUT2D eigenvalue weighted by Gasteiger charge is -2.40. The molecule has 0 amide bonds. The molecule has 5 atom stereocenters. The van der Waals surface area contributed by atoms with E-state index in [1.807, 2.05) is 0 Å². The summed E-state index contributed by atoms with van der Waals surface area (Å²) in [5.41, 5.74) is 7.48. The minimum absolute atomic E-state index is 0.00141. The lowest BCUT2D eigenvalue weighted by atomic mass is 9.69. The van der Waals surface area contributed by atoms with E-state index in [9.17, 15) is 5.11 Å². The Morgan fingerprint density at radius 1 is 1.50 bits per heavy atom. The summed E-state index contributed by atoms with van der Waals surface area (Å²) in [6.07, 6.45) is 7.77. The summed E-state index contributed by atoms with van der Waals surface area (Å²) in [6.45, 7) is 7.39. The van der Waals surface area contributed by atoms with Gasteiger partial charge in [0.1, 0.15) is 0 Å². The minimum atomic E-state index is -0.210. The number of allylic oxidation sites excluding steroid dienone is 2. The topological polar surface area (TPSA) is 46.2 Å². The smallest absolute Gasteiger partial charge is 0.0640 e. The Bertz CT molecular complexity index is 325. The molecule has 1 saturated carbocycles. The van der Waals surface area contributed by atoms with Crippen LogP contribution < -0.4 is 5.73 Å². The lowest BCUT2D eigenvalue weighted by Crippen LogP contribution is -2.45. The van der Waals surface area contributed by atoms with Crippen LogP contribution in [-0.4, -0.2) is 17.8 Å². The standard InChI is InChI=1S/C16H29NO/c1-11-4-5-16(9-11,10-17)15(18)14-7-12(2)6-13(3)8-14/h6,11-12,14-15,18H,4-5,7-10,17H2,1-3H3. The van der Waals surface area contributed by atoms with Crippen LogP contribution >= 0.6 is 0 Å². The van der Waals surface area contributed by atoms with Crippen molar-refractivity contribution >= 4 is 0 Å². The first-order chi connectivity index (χ1) is 8.47. The average Bonchev–Trinajstić information content (AvgIpc) is 2.70. The van der Waals surface area contributed by atoms with Gasteiger partial charge in [0.15, 0.2) is 0 Å². The number of rotatable bonds is 3. The predicted octanol–water partition coefficient (Wildman–Crippen LogP) is 3.10. The van der Waals surface area contributed by atoms with Gasteiger partial charge in [0.25, 0.3) is 0 Å². The second-order valence-corrected chi connectivity index (χ2v) is 7.05. The summed E-state index contributed by atoms with van der Waals surface area (Å²) < 4.78 is 0. The van der Waals surface area contributed by atoms with Gasteiger partial charge in [-0.2, -0.15) is 0 Å². The molecule has 2 heteroatoms. The van der Waals surface area contributed by atoms with E-state index in [2.05, 4.69) is 26.8 Å². The third kappa shape index (κ3) is 2.65. The second kappa shape index (κ2) is 5.34. The molecule has 5 unspecified atom stereocenters. The number of aliphatic hydroxyl groups is 1. The maximum absolute atomic E-state index is 10.9. The molecule has 0 spiro atoms. The molecule has 3 N–H and O–H groups in total. The van der Waals surface area contributed by atoms with Crippen molar-refractivity contribution in [2.24, 2.45) is 28.9 Å². The molecule has 18 heavy (non-hydrogen) atoms. The number of hydrogen-bond donors (Lipinski definition) is 2. The van der Waals surface area contributed by atoms with E-state index in [4.69, 9.17) is 5.73 Å². The first kappa shape index (κ1) is 14.1. The average molecular weight is 251 g/mol. The van der Waals surface area contributed by atoms with E-state index in [0.29, 0.717) is 18.4 Å². The molecule has 0 heterocycles. The quantitative estimate of drug-likeness (QED) is 0.757. The minimum Gasteiger partial charge on any atom is -0.392 e. The third-order valence-corrected chi connectivity index (χ3v) is 5.20. The van der Waals surface area contributed by atoms with E-state index in [1.54, 1.807) is 0 Å². The fraction of sp³-hybridized carbons (Fsp3) is 0.875. The Labute approximate surface area is 112 Å². The molecule has 2 aliphatic rings. The van der Waals surface area contributed by atoms with E-state index in [0.717, 1.165) is 31.6 Å². The predicted molar refractivity (Wildman–Crippen MR) is 76.2 cm³/mol. The number of aliphatic hydroxyl groups excluding tert-OH is 1. The highest BCUT2D eigenvalue weighted by atomic mass is 16.3. The maximum Gasteiger partial charge on any atom is 0.0640 e. The SMILES string of the molecule is CC1=CC(C)CC(C(O)C2(CN)CCC(C)C2)C1. The summed E-state index contributed by atoms with van der Waals surface area (Å²) in [4.78, 5) is 0. The summed E-state index contributed by atoms with van der Waals surface area (Å²) >= 11 is 0. The Morgan fingerprint density at radius 3 is 2.72 bits per heavy atom. The zero-order chi connectivity index (χ0) is 13.3. The molecule has 0 aromatic carbocycles. The normalized spacial score (nSPS) is 42.7. The van der Waals surface area contributed by atoms with Crippen LogP contribution in [0.1, 0.15) is 52.9 Å². The van der Waals surface area contributed by atoms with Gasteiger partial charge in [0.05, 0.1) is 6.10 Å². The molecule has 0 aromatic rings. The highest BCUT2D eigenvalue weighted by Gasteiger charge is 2.45. The van der Waals surface area contributed by atoms with Crippen molar-refractivity contribution in [2.45, 2.75) is 59.0 Å². The first-order valence-corrected chi connectivity index (χ1v) is 7.52. The summed E-state index contributed by atoms with van der Waals surface area (Å²) in [6, 6.07) is 0. The Balaban J connectivity index is 2.10.